The van der Waals surface area contributed by atoms with Crippen LogP contribution in [0.4, 0.5) is 5.95 Å². The number of hydrogen-bond donors (Lipinski definition) is 1. The van der Waals surface area contributed by atoms with Gasteiger partial charge >= 0.3 is 0 Å². The summed E-state index contributed by atoms with van der Waals surface area (Å²) >= 11 is 0. The van der Waals surface area contributed by atoms with E-state index >= 15 is 0 Å². The zero-order valence-electron chi connectivity index (χ0n) is 19.4. The molecule has 0 unspecified atom stereocenters. The molecule has 0 spiro atoms. The Balaban J connectivity index is 0.00000363. The van der Waals surface area contributed by atoms with Gasteiger partial charge < -0.3 is 24.8 Å². The summed E-state index contributed by atoms with van der Waals surface area (Å²) < 4.78 is 6.09. The van der Waals surface area contributed by atoms with Crippen LogP contribution in [-0.4, -0.2) is 85.2 Å². The fraction of sp³-hybridized carbons (Fsp3) is 0.522. The third-order valence-electron chi connectivity index (χ3n) is 5.60. The van der Waals surface area contributed by atoms with Gasteiger partial charge in [-0.15, -0.1) is 24.0 Å². The molecule has 1 fully saturated rings. The Hall–Kier alpha value is -2.14. The van der Waals surface area contributed by atoms with Gasteiger partial charge in [-0.05, 0) is 25.2 Å². The Kier molecular flexibility index (Phi) is 11.5. The number of aliphatic imine (C=N–C) groups is 1. The highest BCUT2D eigenvalue weighted by molar-refractivity contribution is 14.0. The summed E-state index contributed by atoms with van der Waals surface area (Å²) in [7, 11) is 1.83. The van der Waals surface area contributed by atoms with E-state index in [-0.39, 0.29) is 24.0 Å². The van der Waals surface area contributed by atoms with Gasteiger partial charge in [0.2, 0.25) is 5.95 Å². The Labute approximate surface area is 209 Å². The van der Waals surface area contributed by atoms with E-state index in [0.29, 0.717) is 13.2 Å². The number of piperazine rings is 1. The topological polar surface area (TPSA) is 69.1 Å². The van der Waals surface area contributed by atoms with Crippen LogP contribution in [0.1, 0.15) is 19.4 Å². The SMILES string of the molecule is CCN(CC)CCOc1ccccc1CNC(=NC)N1CCN(c2ncccn2)CC1.I. The standard InChI is InChI=1S/C23H35N7O.HI/c1-4-28(5-2)17-18-31-21-10-7-6-9-20(21)19-27-22(24-3)29-13-15-30(16-14-29)23-25-11-8-12-26-23;/h6-12H,4-5,13-19H2,1-3H3,(H,24,27);1H. The van der Waals surface area contributed by atoms with Gasteiger partial charge in [0.15, 0.2) is 5.96 Å². The van der Waals surface area contributed by atoms with Crippen LogP contribution >= 0.6 is 24.0 Å². The molecule has 0 saturated carbocycles. The molecular formula is C23H36IN7O. The summed E-state index contributed by atoms with van der Waals surface area (Å²) in [6.07, 6.45) is 3.58. The summed E-state index contributed by atoms with van der Waals surface area (Å²) in [5.74, 6) is 2.64. The van der Waals surface area contributed by atoms with Gasteiger partial charge in [-0.3, -0.25) is 4.99 Å². The number of nitrogens with one attached hydrogen (secondary N) is 1. The summed E-state index contributed by atoms with van der Waals surface area (Å²) in [5.41, 5.74) is 1.14. The molecule has 0 atom stereocenters. The van der Waals surface area contributed by atoms with Crippen molar-refractivity contribution >= 4 is 35.9 Å². The lowest BCUT2D eigenvalue weighted by Gasteiger charge is -2.36. The van der Waals surface area contributed by atoms with Crippen molar-refractivity contribution in [2.75, 3.05) is 64.4 Å². The maximum absolute atomic E-state index is 6.09. The van der Waals surface area contributed by atoms with E-state index < -0.39 is 0 Å². The molecule has 0 bridgehead atoms. The number of anilines is 1. The van der Waals surface area contributed by atoms with Gasteiger partial charge in [0, 0.05) is 64.3 Å². The van der Waals surface area contributed by atoms with Crippen molar-refractivity contribution in [1.29, 1.82) is 0 Å². The summed E-state index contributed by atoms with van der Waals surface area (Å²) in [5, 5.41) is 3.51. The molecular weight excluding hydrogens is 517 g/mol. The van der Waals surface area contributed by atoms with Crippen LogP contribution in [0, 0.1) is 0 Å². The summed E-state index contributed by atoms with van der Waals surface area (Å²) in [4.78, 5) is 20.1. The average molecular weight is 553 g/mol. The summed E-state index contributed by atoms with van der Waals surface area (Å²) in [6.45, 7) is 12.2. The molecule has 0 amide bonds. The molecule has 1 aliphatic heterocycles. The first-order chi connectivity index (χ1) is 15.2. The molecule has 3 rings (SSSR count). The number of halogens is 1. The molecule has 1 saturated heterocycles. The largest absolute Gasteiger partial charge is 0.492 e. The second-order valence-corrected chi connectivity index (χ2v) is 7.41. The van der Waals surface area contributed by atoms with Crippen LogP contribution < -0.4 is 15.0 Å². The highest BCUT2D eigenvalue weighted by Gasteiger charge is 2.21. The fourth-order valence-corrected chi connectivity index (χ4v) is 3.69. The molecule has 176 valence electrons. The van der Waals surface area contributed by atoms with Crippen molar-refractivity contribution in [3.8, 4) is 5.75 Å². The highest BCUT2D eigenvalue weighted by Crippen LogP contribution is 2.18. The second kappa shape index (κ2) is 14.1. The summed E-state index contributed by atoms with van der Waals surface area (Å²) in [6, 6.07) is 10.1. The van der Waals surface area contributed by atoms with Gasteiger partial charge in [-0.2, -0.15) is 0 Å². The number of para-hydroxylation sites is 1. The Morgan fingerprint density at radius 1 is 1.06 bits per heavy atom. The van der Waals surface area contributed by atoms with Crippen molar-refractivity contribution in [2.24, 2.45) is 4.99 Å². The van der Waals surface area contributed by atoms with Crippen molar-refractivity contribution in [3.05, 3.63) is 48.3 Å². The number of benzene rings is 1. The second-order valence-electron chi connectivity index (χ2n) is 7.41. The smallest absolute Gasteiger partial charge is 0.225 e. The maximum Gasteiger partial charge on any atom is 0.225 e. The van der Waals surface area contributed by atoms with Gasteiger partial charge in [-0.1, -0.05) is 32.0 Å². The lowest BCUT2D eigenvalue weighted by Crippen LogP contribution is -2.52. The lowest BCUT2D eigenvalue weighted by atomic mass is 10.2. The lowest BCUT2D eigenvalue weighted by molar-refractivity contribution is 0.221. The zero-order chi connectivity index (χ0) is 21.9. The third kappa shape index (κ3) is 7.47. The fourth-order valence-electron chi connectivity index (χ4n) is 3.69. The monoisotopic (exact) mass is 553 g/mol. The average Bonchev–Trinajstić information content (AvgIpc) is 2.84. The number of ether oxygens (including phenoxy) is 1. The van der Waals surface area contributed by atoms with Gasteiger partial charge in [0.05, 0.1) is 0 Å². The van der Waals surface area contributed by atoms with Crippen molar-refractivity contribution < 1.29 is 4.74 Å². The molecule has 0 radical (unpaired) electrons. The van der Waals surface area contributed by atoms with E-state index in [1.165, 1.54) is 0 Å². The van der Waals surface area contributed by atoms with E-state index in [1.807, 2.05) is 25.2 Å². The highest BCUT2D eigenvalue weighted by atomic mass is 127. The molecule has 1 aromatic heterocycles. The van der Waals surface area contributed by atoms with E-state index in [4.69, 9.17) is 4.74 Å². The molecule has 1 N–H and O–H groups in total. The van der Waals surface area contributed by atoms with E-state index in [9.17, 15) is 0 Å². The van der Waals surface area contributed by atoms with Crippen LogP contribution in [0.3, 0.4) is 0 Å². The Bertz CT molecular complexity index is 809. The van der Waals surface area contributed by atoms with E-state index in [1.54, 1.807) is 12.4 Å². The minimum atomic E-state index is 0. The Morgan fingerprint density at radius 2 is 1.75 bits per heavy atom. The van der Waals surface area contributed by atoms with Crippen molar-refractivity contribution in [2.45, 2.75) is 20.4 Å². The van der Waals surface area contributed by atoms with Crippen LogP contribution in [-0.2, 0) is 6.54 Å². The predicted molar refractivity (Wildman–Crippen MR) is 141 cm³/mol. The van der Waals surface area contributed by atoms with Gasteiger partial charge in [-0.25, -0.2) is 9.97 Å². The van der Waals surface area contributed by atoms with Gasteiger partial charge in [0.1, 0.15) is 12.4 Å². The van der Waals surface area contributed by atoms with Gasteiger partial charge in [0.25, 0.3) is 0 Å². The molecule has 32 heavy (non-hydrogen) atoms. The van der Waals surface area contributed by atoms with E-state index in [2.05, 4.69) is 61.0 Å². The number of likely N-dealkylation sites (N-methyl/N-ethyl adjacent to an activating group) is 1. The molecule has 1 aromatic carbocycles. The number of aromatic nitrogens is 2. The molecule has 2 aromatic rings. The molecule has 2 heterocycles. The minimum Gasteiger partial charge on any atom is -0.492 e. The van der Waals surface area contributed by atoms with E-state index in [0.717, 1.165) is 69.0 Å². The minimum absolute atomic E-state index is 0. The van der Waals surface area contributed by atoms with Crippen molar-refractivity contribution in [1.82, 2.24) is 25.1 Å². The molecule has 1 aliphatic rings. The normalized spacial score (nSPS) is 14.3. The first-order valence-electron chi connectivity index (χ1n) is 11.2. The first kappa shape index (κ1) is 26.1. The third-order valence-corrected chi connectivity index (χ3v) is 5.60. The van der Waals surface area contributed by atoms with Crippen LogP contribution in [0.5, 0.6) is 5.75 Å². The maximum atomic E-state index is 6.09. The molecule has 8 nitrogen and oxygen atoms in total. The number of rotatable bonds is 9. The number of nitrogens with zero attached hydrogens (tertiary/aromatic N) is 6. The number of guanidine groups is 1. The number of hydrogen-bond acceptors (Lipinski definition) is 6. The quantitative estimate of drug-likeness (QED) is 0.291. The van der Waals surface area contributed by atoms with Crippen LogP contribution in [0.25, 0.3) is 0 Å². The van der Waals surface area contributed by atoms with Crippen molar-refractivity contribution in [3.63, 3.8) is 0 Å². The van der Waals surface area contributed by atoms with Crippen LogP contribution in [0.2, 0.25) is 0 Å². The molecule has 9 heteroatoms. The Morgan fingerprint density at radius 3 is 2.41 bits per heavy atom. The zero-order valence-corrected chi connectivity index (χ0v) is 21.7. The molecule has 0 aliphatic carbocycles. The predicted octanol–water partition coefficient (Wildman–Crippen LogP) is 2.71. The van der Waals surface area contributed by atoms with Crippen LogP contribution in [0.15, 0.2) is 47.7 Å². The first-order valence-corrected chi connectivity index (χ1v) is 11.2.